The zero-order chi connectivity index (χ0) is 15.6. The second-order valence-corrected chi connectivity index (χ2v) is 6.65. The first-order chi connectivity index (χ1) is 11.3. The van der Waals surface area contributed by atoms with Crippen LogP contribution < -0.4 is 5.32 Å². The number of urea groups is 1. The monoisotopic (exact) mass is 310 g/mol. The molecular formula is C18H22N4O. The number of likely N-dealkylation sites (tertiary alicyclic amines) is 1. The van der Waals surface area contributed by atoms with Crippen LogP contribution in [0.4, 0.5) is 10.5 Å². The topological polar surface area (TPSA) is 50.2 Å². The average Bonchev–Trinajstić information content (AvgIpc) is 3.22. The van der Waals surface area contributed by atoms with Crippen molar-refractivity contribution in [3.05, 3.63) is 42.7 Å². The van der Waals surface area contributed by atoms with Crippen LogP contribution in [-0.2, 0) is 0 Å². The highest BCUT2D eigenvalue weighted by molar-refractivity contribution is 5.89. The lowest BCUT2D eigenvalue weighted by Crippen LogP contribution is -2.33. The van der Waals surface area contributed by atoms with E-state index in [0.29, 0.717) is 11.8 Å². The van der Waals surface area contributed by atoms with Crippen molar-refractivity contribution in [2.45, 2.75) is 25.7 Å². The maximum absolute atomic E-state index is 12.5. The highest BCUT2D eigenvalue weighted by atomic mass is 16.2. The molecule has 2 amide bonds. The van der Waals surface area contributed by atoms with Gasteiger partial charge in [0.15, 0.2) is 0 Å². The SMILES string of the molecule is O=C(Nc1cnn(-c2ccccc2)c1)N1CC2CCCCC2C1. The number of rotatable bonds is 2. The van der Waals surface area contributed by atoms with Gasteiger partial charge in [-0.05, 0) is 36.8 Å². The number of hydrogen-bond donors (Lipinski definition) is 1. The highest BCUT2D eigenvalue weighted by Crippen LogP contribution is 2.36. The van der Waals surface area contributed by atoms with Gasteiger partial charge in [-0.25, -0.2) is 9.48 Å². The van der Waals surface area contributed by atoms with E-state index in [1.807, 2.05) is 41.4 Å². The Kier molecular flexibility index (Phi) is 3.77. The smallest absolute Gasteiger partial charge is 0.321 e. The first-order valence-electron chi connectivity index (χ1n) is 8.45. The van der Waals surface area contributed by atoms with Crippen molar-refractivity contribution in [3.63, 3.8) is 0 Å². The molecule has 4 rings (SSSR count). The van der Waals surface area contributed by atoms with Crippen molar-refractivity contribution in [3.8, 4) is 5.69 Å². The molecule has 23 heavy (non-hydrogen) atoms. The number of nitrogens with zero attached hydrogens (tertiary/aromatic N) is 3. The minimum absolute atomic E-state index is 0.00649. The van der Waals surface area contributed by atoms with E-state index in [0.717, 1.165) is 24.5 Å². The van der Waals surface area contributed by atoms with E-state index in [2.05, 4.69) is 10.4 Å². The van der Waals surface area contributed by atoms with Crippen molar-refractivity contribution in [1.82, 2.24) is 14.7 Å². The minimum Gasteiger partial charge on any atom is -0.324 e. The van der Waals surface area contributed by atoms with Gasteiger partial charge in [0.25, 0.3) is 0 Å². The molecule has 1 aliphatic heterocycles. The van der Waals surface area contributed by atoms with Crippen LogP contribution in [-0.4, -0.2) is 33.8 Å². The summed E-state index contributed by atoms with van der Waals surface area (Å²) in [6.07, 6.45) is 8.76. The summed E-state index contributed by atoms with van der Waals surface area (Å²) in [5.41, 5.74) is 1.73. The molecule has 2 heterocycles. The molecular weight excluding hydrogens is 288 g/mol. The number of aromatic nitrogens is 2. The summed E-state index contributed by atoms with van der Waals surface area (Å²) >= 11 is 0. The molecule has 120 valence electrons. The number of hydrogen-bond acceptors (Lipinski definition) is 2. The number of para-hydroxylation sites is 1. The predicted molar refractivity (Wildman–Crippen MR) is 89.6 cm³/mol. The normalized spacial score (nSPS) is 23.6. The third-order valence-corrected chi connectivity index (χ3v) is 5.12. The van der Waals surface area contributed by atoms with E-state index in [9.17, 15) is 4.79 Å². The van der Waals surface area contributed by atoms with Crippen LogP contribution in [0.2, 0.25) is 0 Å². The van der Waals surface area contributed by atoms with Gasteiger partial charge in [0, 0.05) is 13.1 Å². The van der Waals surface area contributed by atoms with Crippen LogP contribution in [0.1, 0.15) is 25.7 Å². The van der Waals surface area contributed by atoms with Crippen LogP contribution in [0, 0.1) is 11.8 Å². The molecule has 2 aliphatic rings. The molecule has 2 aromatic rings. The lowest BCUT2D eigenvalue weighted by molar-refractivity contribution is 0.220. The highest BCUT2D eigenvalue weighted by Gasteiger charge is 2.36. The molecule has 1 saturated heterocycles. The molecule has 5 heteroatoms. The van der Waals surface area contributed by atoms with Gasteiger partial charge in [0.1, 0.15) is 0 Å². The van der Waals surface area contributed by atoms with Gasteiger partial charge in [0.2, 0.25) is 0 Å². The Morgan fingerprint density at radius 1 is 1.09 bits per heavy atom. The fraction of sp³-hybridized carbons (Fsp3) is 0.444. The quantitative estimate of drug-likeness (QED) is 0.922. The van der Waals surface area contributed by atoms with E-state index in [1.165, 1.54) is 25.7 Å². The van der Waals surface area contributed by atoms with Crippen molar-refractivity contribution in [2.75, 3.05) is 18.4 Å². The fourth-order valence-corrected chi connectivity index (χ4v) is 3.88. The van der Waals surface area contributed by atoms with Crippen LogP contribution in [0.3, 0.4) is 0 Å². The lowest BCUT2D eigenvalue weighted by Gasteiger charge is -2.22. The van der Waals surface area contributed by atoms with Crippen molar-refractivity contribution in [2.24, 2.45) is 11.8 Å². The zero-order valence-corrected chi connectivity index (χ0v) is 13.2. The number of amides is 2. The summed E-state index contributed by atoms with van der Waals surface area (Å²) in [7, 11) is 0. The van der Waals surface area contributed by atoms with Gasteiger partial charge in [-0.2, -0.15) is 5.10 Å². The van der Waals surface area contributed by atoms with Gasteiger partial charge >= 0.3 is 6.03 Å². The van der Waals surface area contributed by atoms with E-state index >= 15 is 0 Å². The Morgan fingerprint density at radius 2 is 1.78 bits per heavy atom. The molecule has 2 atom stereocenters. The zero-order valence-electron chi connectivity index (χ0n) is 13.2. The number of benzene rings is 1. The molecule has 1 aromatic carbocycles. The number of anilines is 1. The van der Waals surface area contributed by atoms with Gasteiger partial charge in [-0.1, -0.05) is 31.0 Å². The van der Waals surface area contributed by atoms with Gasteiger partial charge in [-0.3, -0.25) is 0 Å². The minimum atomic E-state index is 0.00649. The van der Waals surface area contributed by atoms with E-state index < -0.39 is 0 Å². The van der Waals surface area contributed by atoms with Gasteiger partial charge in [0.05, 0.1) is 23.8 Å². The van der Waals surface area contributed by atoms with Crippen molar-refractivity contribution in [1.29, 1.82) is 0 Å². The third kappa shape index (κ3) is 2.96. The molecule has 2 unspecified atom stereocenters. The summed E-state index contributed by atoms with van der Waals surface area (Å²) in [4.78, 5) is 14.5. The fourth-order valence-electron chi connectivity index (χ4n) is 3.88. The molecule has 1 N–H and O–H groups in total. The van der Waals surface area contributed by atoms with E-state index in [1.54, 1.807) is 10.9 Å². The Bertz CT molecular complexity index is 667. The summed E-state index contributed by atoms with van der Waals surface area (Å²) in [6.45, 7) is 1.81. The maximum Gasteiger partial charge on any atom is 0.321 e. The summed E-state index contributed by atoms with van der Waals surface area (Å²) in [6, 6.07) is 9.91. The van der Waals surface area contributed by atoms with E-state index in [4.69, 9.17) is 0 Å². The number of fused-ring (bicyclic) bond motifs is 1. The predicted octanol–water partition coefficient (Wildman–Crippen LogP) is 3.53. The molecule has 0 radical (unpaired) electrons. The molecule has 2 fully saturated rings. The summed E-state index contributed by atoms with van der Waals surface area (Å²) in [5, 5.41) is 7.31. The van der Waals surface area contributed by atoms with Crippen LogP contribution >= 0.6 is 0 Å². The first-order valence-corrected chi connectivity index (χ1v) is 8.45. The second kappa shape index (κ2) is 6.07. The lowest BCUT2D eigenvalue weighted by atomic mass is 9.82. The molecule has 0 spiro atoms. The summed E-state index contributed by atoms with van der Waals surface area (Å²) in [5.74, 6) is 1.42. The molecule has 0 bridgehead atoms. The Labute approximate surface area is 136 Å². The van der Waals surface area contributed by atoms with Gasteiger partial charge in [-0.15, -0.1) is 0 Å². The third-order valence-electron chi connectivity index (χ3n) is 5.12. The Balaban J connectivity index is 1.41. The van der Waals surface area contributed by atoms with Crippen LogP contribution in [0.25, 0.3) is 5.69 Å². The number of carbonyl (C=O) groups excluding carboxylic acids is 1. The van der Waals surface area contributed by atoms with Crippen LogP contribution in [0.5, 0.6) is 0 Å². The van der Waals surface area contributed by atoms with E-state index in [-0.39, 0.29) is 6.03 Å². The van der Waals surface area contributed by atoms with Crippen molar-refractivity contribution < 1.29 is 4.79 Å². The molecule has 1 aliphatic carbocycles. The second-order valence-electron chi connectivity index (χ2n) is 6.65. The maximum atomic E-state index is 12.5. The average molecular weight is 310 g/mol. The first kappa shape index (κ1) is 14.3. The van der Waals surface area contributed by atoms with Crippen molar-refractivity contribution >= 4 is 11.7 Å². The molecule has 1 saturated carbocycles. The molecule has 5 nitrogen and oxygen atoms in total. The number of nitrogens with one attached hydrogen (secondary N) is 1. The molecule has 1 aromatic heterocycles. The largest absolute Gasteiger partial charge is 0.324 e. The van der Waals surface area contributed by atoms with Crippen LogP contribution in [0.15, 0.2) is 42.7 Å². The standard InChI is InChI=1S/C18H22N4O/c23-18(21-11-14-6-4-5-7-15(14)12-21)20-16-10-19-22(13-16)17-8-2-1-3-9-17/h1-3,8-10,13-15H,4-7,11-12H2,(H,20,23). The van der Waals surface area contributed by atoms with Gasteiger partial charge < -0.3 is 10.2 Å². The summed E-state index contributed by atoms with van der Waals surface area (Å²) < 4.78 is 1.78. The Morgan fingerprint density at radius 3 is 2.48 bits per heavy atom. The Hall–Kier alpha value is -2.30. The number of carbonyl (C=O) groups is 1.